The Morgan fingerprint density at radius 3 is 2.20 bits per heavy atom. The molecule has 0 fully saturated rings. The van der Waals surface area contributed by atoms with E-state index in [2.05, 4.69) is 0 Å². The molecule has 106 valence electrons. The third-order valence-corrected chi connectivity index (χ3v) is 3.04. The van der Waals surface area contributed by atoms with Gasteiger partial charge in [-0.3, -0.25) is 0 Å². The highest BCUT2D eigenvalue weighted by Gasteiger charge is 2.05. The van der Waals surface area contributed by atoms with Gasteiger partial charge in [0.2, 0.25) is 0 Å². The lowest BCUT2D eigenvalue weighted by Crippen LogP contribution is -1.99. The van der Waals surface area contributed by atoms with Crippen LogP contribution in [0.25, 0.3) is 0 Å². The maximum Gasteiger partial charge on any atom is 0.125 e. The third kappa shape index (κ3) is 3.50. The van der Waals surface area contributed by atoms with Crippen molar-refractivity contribution in [3.63, 3.8) is 0 Å². The number of hydrogen-bond donors (Lipinski definition) is 2. The number of benzene rings is 2. The zero-order valence-electron chi connectivity index (χ0n) is 11.4. The number of hydrogen-bond acceptors (Lipinski definition) is 4. The van der Waals surface area contributed by atoms with E-state index in [0.717, 1.165) is 11.1 Å². The van der Waals surface area contributed by atoms with Gasteiger partial charge in [0.15, 0.2) is 0 Å². The van der Waals surface area contributed by atoms with Crippen LogP contribution in [0, 0.1) is 0 Å². The summed E-state index contributed by atoms with van der Waals surface area (Å²) >= 11 is 0. The molecular weight excluding hydrogens is 256 g/mol. The Morgan fingerprint density at radius 2 is 1.60 bits per heavy atom. The van der Waals surface area contributed by atoms with Crippen LogP contribution in [0.15, 0.2) is 42.5 Å². The smallest absolute Gasteiger partial charge is 0.125 e. The highest BCUT2D eigenvalue weighted by atomic mass is 16.5. The highest BCUT2D eigenvalue weighted by Crippen LogP contribution is 2.25. The molecule has 0 radical (unpaired) electrons. The second kappa shape index (κ2) is 6.93. The minimum Gasteiger partial charge on any atom is -0.497 e. The number of rotatable bonds is 6. The second-order valence-electron chi connectivity index (χ2n) is 4.40. The predicted octanol–water partition coefficient (Wildman–Crippen LogP) is 2.26. The molecule has 2 aromatic rings. The molecule has 0 aliphatic heterocycles. The Bertz CT molecular complexity index is 549. The van der Waals surface area contributed by atoms with Crippen molar-refractivity contribution in [2.75, 3.05) is 7.11 Å². The monoisotopic (exact) mass is 274 g/mol. The summed E-state index contributed by atoms with van der Waals surface area (Å²) in [7, 11) is 1.58. The van der Waals surface area contributed by atoms with Crippen LogP contribution in [0.4, 0.5) is 0 Å². The molecule has 0 amide bonds. The second-order valence-corrected chi connectivity index (χ2v) is 4.40. The summed E-state index contributed by atoms with van der Waals surface area (Å²) in [5, 5.41) is 18.3. The topological polar surface area (TPSA) is 58.9 Å². The van der Waals surface area contributed by atoms with E-state index in [1.165, 1.54) is 0 Å². The molecule has 0 bridgehead atoms. The van der Waals surface area contributed by atoms with E-state index in [-0.39, 0.29) is 13.2 Å². The van der Waals surface area contributed by atoms with Gasteiger partial charge >= 0.3 is 0 Å². The quantitative estimate of drug-likeness (QED) is 0.848. The van der Waals surface area contributed by atoms with E-state index in [1.807, 2.05) is 24.3 Å². The van der Waals surface area contributed by atoms with E-state index in [4.69, 9.17) is 14.6 Å². The van der Waals surface area contributed by atoms with E-state index >= 15 is 0 Å². The molecule has 0 spiro atoms. The van der Waals surface area contributed by atoms with E-state index < -0.39 is 0 Å². The van der Waals surface area contributed by atoms with Gasteiger partial charge in [-0.05, 0) is 29.3 Å². The molecule has 4 nitrogen and oxygen atoms in total. The SMILES string of the molecule is COc1ccc(OCc2ccc(CO)cc2)c(CO)c1. The van der Waals surface area contributed by atoms with Gasteiger partial charge < -0.3 is 19.7 Å². The largest absolute Gasteiger partial charge is 0.497 e. The molecule has 2 N–H and O–H groups in total. The Balaban J connectivity index is 2.05. The summed E-state index contributed by atoms with van der Waals surface area (Å²) < 4.78 is 10.8. The van der Waals surface area contributed by atoms with Crippen molar-refractivity contribution in [1.82, 2.24) is 0 Å². The zero-order valence-corrected chi connectivity index (χ0v) is 11.4. The predicted molar refractivity (Wildman–Crippen MR) is 75.6 cm³/mol. The maximum atomic E-state index is 9.34. The third-order valence-electron chi connectivity index (χ3n) is 3.04. The van der Waals surface area contributed by atoms with E-state index in [0.29, 0.717) is 23.7 Å². The van der Waals surface area contributed by atoms with Crippen LogP contribution in [0.3, 0.4) is 0 Å². The standard InChI is InChI=1S/C16H18O4/c1-19-15-6-7-16(14(8-15)10-18)20-11-13-4-2-12(9-17)3-5-13/h2-8,17-18H,9-11H2,1H3. The van der Waals surface area contributed by atoms with Crippen LogP contribution in [-0.2, 0) is 19.8 Å². The first kappa shape index (κ1) is 14.4. The Morgan fingerprint density at radius 1 is 0.900 bits per heavy atom. The van der Waals surface area contributed by atoms with Crippen LogP contribution in [0.5, 0.6) is 11.5 Å². The molecule has 0 aliphatic rings. The van der Waals surface area contributed by atoms with Crippen molar-refractivity contribution >= 4 is 0 Å². The fourth-order valence-electron chi connectivity index (χ4n) is 1.85. The molecule has 0 aromatic heterocycles. The molecule has 0 heterocycles. The molecule has 20 heavy (non-hydrogen) atoms. The molecule has 4 heteroatoms. The minimum absolute atomic E-state index is 0.0360. The van der Waals surface area contributed by atoms with Crippen LogP contribution in [-0.4, -0.2) is 17.3 Å². The van der Waals surface area contributed by atoms with E-state index in [9.17, 15) is 5.11 Å². The van der Waals surface area contributed by atoms with E-state index in [1.54, 1.807) is 25.3 Å². The normalized spacial score (nSPS) is 10.3. The minimum atomic E-state index is -0.101. The van der Waals surface area contributed by atoms with Gasteiger partial charge in [0, 0.05) is 5.56 Å². The lowest BCUT2D eigenvalue weighted by atomic mass is 10.1. The van der Waals surface area contributed by atoms with Crippen molar-refractivity contribution in [2.24, 2.45) is 0 Å². The molecular formula is C16H18O4. The van der Waals surface area contributed by atoms with Gasteiger partial charge in [-0.2, -0.15) is 0 Å². The first-order valence-corrected chi connectivity index (χ1v) is 6.36. The zero-order chi connectivity index (χ0) is 14.4. The fraction of sp³-hybridized carbons (Fsp3) is 0.250. The summed E-state index contributed by atoms with van der Waals surface area (Å²) in [6, 6.07) is 12.9. The molecule has 0 saturated carbocycles. The van der Waals surface area contributed by atoms with Gasteiger partial charge in [0.25, 0.3) is 0 Å². The number of methoxy groups -OCH3 is 1. The van der Waals surface area contributed by atoms with Crippen LogP contribution in [0.1, 0.15) is 16.7 Å². The summed E-state index contributed by atoms with van der Waals surface area (Å²) in [6.45, 7) is 0.343. The summed E-state index contributed by atoms with van der Waals surface area (Å²) in [6.07, 6.45) is 0. The average Bonchev–Trinajstić information content (AvgIpc) is 2.53. The fourth-order valence-corrected chi connectivity index (χ4v) is 1.85. The summed E-state index contributed by atoms with van der Waals surface area (Å²) in [4.78, 5) is 0. The lowest BCUT2D eigenvalue weighted by Gasteiger charge is -2.11. The number of aliphatic hydroxyl groups excluding tert-OH is 2. The Labute approximate surface area is 118 Å². The summed E-state index contributed by atoms with van der Waals surface area (Å²) in [5.74, 6) is 1.33. The maximum absolute atomic E-state index is 9.34. The number of aliphatic hydroxyl groups is 2. The molecule has 2 aromatic carbocycles. The lowest BCUT2D eigenvalue weighted by molar-refractivity contribution is 0.257. The summed E-state index contributed by atoms with van der Waals surface area (Å²) in [5.41, 5.74) is 2.56. The van der Waals surface area contributed by atoms with Gasteiger partial charge in [-0.15, -0.1) is 0 Å². The van der Waals surface area contributed by atoms with Crippen molar-refractivity contribution in [1.29, 1.82) is 0 Å². The first-order chi connectivity index (χ1) is 9.76. The van der Waals surface area contributed by atoms with Crippen LogP contribution < -0.4 is 9.47 Å². The van der Waals surface area contributed by atoms with Gasteiger partial charge in [0.05, 0.1) is 20.3 Å². The van der Waals surface area contributed by atoms with Gasteiger partial charge in [-0.1, -0.05) is 24.3 Å². The molecule has 0 aliphatic carbocycles. The van der Waals surface area contributed by atoms with Gasteiger partial charge in [-0.25, -0.2) is 0 Å². The first-order valence-electron chi connectivity index (χ1n) is 6.36. The molecule has 0 atom stereocenters. The van der Waals surface area contributed by atoms with Crippen molar-refractivity contribution in [3.05, 3.63) is 59.2 Å². The Kier molecular flexibility index (Phi) is 4.98. The number of ether oxygens (including phenoxy) is 2. The van der Waals surface area contributed by atoms with Crippen molar-refractivity contribution < 1.29 is 19.7 Å². The molecule has 0 saturated heterocycles. The highest BCUT2D eigenvalue weighted by molar-refractivity contribution is 5.40. The average molecular weight is 274 g/mol. The Hall–Kier alpha value is -2.04. The van der Waals surface area contributed by atoms with Crippen LogP contribution >= 0.6 is 0 Å². The van der Waals surface area contributed by atoms with Crippen molar-refractivity contribution in [3.8, 4) is 11.5 Å². The molecule has 2 rings (SSSR count). The van der Waals surface area contributed by atoms with Gasteiger partial charge in [0.1, 0.15) is 18.1 Å². The van der Waals surface area contributed by atoms with Crippen molar-refractivity contribution in [2.45, 2.75) is 19.8 Å². The van der Waals surface area contributed by atoms with Crippen LogP contribution in [0.2, 0.25) is 0 Å². The molecule has 0 unspecified atom stereocenters.